The maximum absolute atomic E-state index is 12.9. The molecule has 0 radical (unpaired) electrons. The number of halogens is 3. The highest BCUT2D eigenvalue weighted by Gasteiger charge is 2.08. The highest BCUT2D eigenvalue weighted by atomic mass is 35.5. The van der Waals surface area contributed by atoms with E-state index in [-0.39, 0.29) is 10.6 Å². The lowest BCUT2D eigenvalue weighted by Gasteiger charge is -2.05. The fourth-order valence-electron chi connectivity index (χ4n) is 1.32. The minimum Gasteiger partial charge on any atom is -0.322 e. The lowest BCUT2D eigenvalue weighted by molar-refractivity contribution is 0.102. The summed E-state index contributed by atoms with van der Waals surface area (Å²) < 4.78 is 25.7. The second-order valence-electron chi connectivity index (χ2n) is 3.45. The zero-order valence-electron chi connectivity index (χ0n) is 8.95. The SMILES string of the molecule is O=C(Nc1ccc(F)c(Cl)c1)c1ccnc(F)c1. The number of benzene rings is 1. The Bertz CT molecular complexity index is 604. The number of pyridine rings is 1. The molecule has 0 aliphatic rings. The molecular formula is C12H7ClF2N2O. The van der Waals surface area contributed by atoms with Gasteiger partial charge in [-0.2, -0.15) is 4.39 Å². The number of nitrogens with zero attached hydrogens (tertiary/aromatic N) is 1. The van der Waals surface area contributed by atoms with Crippen molar-refractivity contribution in [3.8, 4) is 0 Å². The number of hydrogen-bond acceptors (Lipinski definition) is 2. The Morgan fingerprint density at radius 1 is 1.22 bits per heavy atom. The molecule has 1 amide bonds. The second kappa shape index (κ2) is 5.10. The fourth-order valence-corrected chi connectivity index (χ4v) is 1.50. The van der Waals surface area contributed by atoms with E-state index in [1.807, 2.05) is 0 Å². The van der Waals surface area contributed by atoms with Crippen LogP contribution in [0, 0.1) is 11.8 Å². The zero-order chi connectivity index (χ0) is 13.1. The van der Waals surface area contributed by atoms with Crippen molar-refractivity contribution in [1.82, 2.24) is 4.98 Å². The van der Waals surface area contributed by atoms with Crippen molar-refractivity contribution >= 4 is 23.2 Å². The summed E-state index contributed by atoms with van der Waals surface area (Å²) in [5.41, 5.74) is 0.437. The van der Waals surface area contributed by atoms with E-state index >= 15 is 0 Å². The molecule has 0 saturated carbocycles. The average Bonchev–Trinajstić information content (AvgIpc) is 2.34. The average molecular weight is 269 g/mol. The molecule has 1 aromatic heterocycles. The normalized spacial score (nSPS) is 10.2. The quantitative estimate of drug-likeness (QED) is 0.850. The summed E-state index contributed by atoms with van der Waals surface area (Å²) in [5, 5.41) is 2.37. The van der Waals surface area contributed by atoms with Crippen molar-refractivity contribution < 1.29 is 13.6 Å². The molecule has 18 heavy (non-hydrogen) atoms. The van der Waals surface area contributed by atoms with Gasteiger partial charge in [-0.1, -0.05) is 11.6 Å². The van der Waals surface area contributed by atoms with E-state index in [1.165, 1.54) is 24.4 Å². The Labute approximate surface area is 106 Å². The number of carbonyl (C=O) groups is 1. The third-order valence-corrected chi connectivity index (χ3v) is 2.46. The zero-order valence-corrected chi connectivity index (χ0v) is 9.71. The molecule has 0 unspecified atom stereocenters. The molecule has 0 aliphatic heterocycles. The largest absolute Gasteiger partial charge is 0.322 e. The monoisotopic (exact) mass is 268 g/mol. The molecule has 1 heterocycles. The van der Waals surface area contributed by atoms with Gasteiger partial charge in [0.25, 0.3) is 5.91 Å². The summed E-state index contributed by atoms with van der Waals surface area (Å²) in [5.74, 6) is -1.86. The van der Waals surface area contributed by atoms with E-state index < -0.39 is 17.7 Å². The van der Waals surface area contributed by atoms with Crippen LogP contribution in [-0.2, 0) is 0 Å². The van der Waals surface area contributed by atoms with Gasteiger partial charge in [0.2, 0.25) is 5.95 Å². The van der Waals surface area contributed by atoms with Gasteiger partial charge in [0.1, 0.15) is 5.82 Å². The van der Waals surface area contributed by atoms with Crippen molar-refractivity contribution in [2.24, 2.45) is 0 Å². The first-order valence-corrected chi connectivity index (χ1v) is 5.32. The molecule has 0 atom stereocenters. The fraction of sp³-hybridized carbons (Fsp3) is 0. The Hall–Kier alpha value is -2.01. The summed E-state index contributed by atoms with van der Waals surface area (Å²) in [6, 6.07) is 6.12. The van der Waals surface area contributed by atoms with Crippen molar-refractivity contribution in [3.05, 3.63) is 58.9 Å². The van der Waals surface area contributed by atoms with Gasteiger partial charge >= 0.3 is 0 Å². The molecule has 3 nitrogen and oxygen atoms in total. The maximum Gasteiger partial charge on any atom is 0.255 e. The summed E-state index contributed by atoms with van der Waals surface area (Å²) in [4.78, 5) is 15.1. The standard InChI is InChI=1S/C12H7ClF2N2O/c13-9-6-8(1-2-10(9)14)17-12(18)7-3-4-16-11(15)5-7/h1-6H,(H,17,18). The van der Waals surface area contributed by atoms with Gasteiger partial charge in [0.15, 0.2) is 0 Å². The third-order valence-electron chi connectivity index (χ3n) is 2.17. The Balaban J connectivity index is 2.18. The summed E-state index contributed by atoms with van der Waals surface area (Å²) >= 11 is 5.57. The van der Waals surface area contributed by atoms with E-state index in [9.17, 15) is 13.6 Å². The molecule has 1 aromatic carbocycles. The van der Waals surface area contributed by atoms with E-state index in [1.54, 1.807) is 0 Å². The molecule has 6 heteroatoms. The van der Waals surface area contributed by atoms with Crippen LogP contribution in [0.25, 0.3) is 0 Å². The summed E-state index contributed by atoms with van der Waals surface area (Å²) in [6.07, 6.45) is 1.18. The first-order valence-electron chi connectivity index (χ1n) is 4.94. The minimum atomic E-state index is -0.750. The van der Waals surface area contributed by atoms with E-state index in [4.69, 9.17) is 11.6 Å². The number of aromatic nitrogens is 1. The Morgan fingerprint density at radius 2 is 2.00 bits per heavy atom. The first kappa shape index (κ1) is 12.4. The van der Waals surface area contributed by atoms with Crippen LogP contribution >= 0.6 is 11.6 Å². The number of carbonyl (C=O) groups excluding carboxylic acids is 1. The van der Waals surface area contributed by atoms with Crippen molar-refractivity contribution in [2.75, 3.05) is 5.32 Å². The number of hydrogen-bond donors (Lipinski definition) is 1. The first-order chi connectivity index (χ1) is 8.56. The van der Waals surface area contributed by atoms with E-state index in [0.717, 1.165) is 12.1 Å². The summed E-state index contributed by atoms with van der Waals surface area (Å²) in [6.45, 7) is 0. The van der Waals surface area contributed by atoms with E-state index in [2.05, 4.69) is 10.3 Å². The van der Waals surface area contributed by atoms with E-state index in [0.29, 0.717) is 5.69 Å². The predicted molar refractivity (Wildman–Crippen MR) is 63.6 cm³/mol. The van der Waals surface area contributed by atoms with Crippen LogP contribution in [0.4, 0.5) is 14.5 Å². The molecule has 0 aliphatic carbocycles. The maximum atomic E-state index is 12.9. The lowest BCUT2D eigenvalue weighted by Crippen LogP contribution is -2.12. The smallest absolute Gasteiger partial charge is 0.255 e. The van der Waals surface area contributed by atoms with Gasteiger partial charge < -0.3 is 5.32 Å². The number of anilines is 1. The molecule has 0 bridgehead atoms. The Morgan fingerprint density at radius 3 is 2.67 bits per heavy atom. The van der Waals surface area contributed by atoms with Crippen LogP contribution in [0.3, 0.4) is 0 Å². The van der Waals surface area contributed by atoms with Crippen molar-refractivity contribution in [3.63, 3.8) is 0 Å². The van der Waals surface area contributed by atoms with Crippen molar-refractivity contribution in [2.45, 2.75) is 0 Å². The van der Waals surface area contributed by atoms with Gasteiger partial charge in [-0.25, -0.2) is 9.37 Å². The molecule has 0 saturated heterocycles. The minimum absolute atomic E-state index is 0.103. The van der Waals surface area contributed by atoms with Gasteiger partial charge in [0.05, 0.1) is 5.02 Å². The predicted octanol–water partition coefficient (Wildman–Crippen LogP) is 3.27. The third kappa shape index (κ3) is 2.81. The second-order valence-corrected chi connectivity index (χ2v) is 3.86. The molecular weight excluding hydrogens is 262 g/mol. The van der Waals surface area contributed by atoms with Crippen LogP contribution in [0.1, 0.15) is 10.4 Å². The molecule has 1 N–H and O–H groups in total. The van der Waals surface area contributed by atoms with Crippen LogP contribution in [0.2, 0.25) is 5.02 Å². The van der Waals surface area contributed by atoms with Crippen molar-refractivity contribution in [1.29, 1.82) is 0 Å². The molecule has 92 valence electrons. The van der Waals surface area contributed by atoms with Gasteiger partial charge in [0, 0.05) is 23.5 Å². The molecule has 2 aromatic rings. The summed E-state index contributed by atoms with van der Waals surface area (Å²) in [7, 11) is 0. The van der Waals surface area contributed by atoms with Gasteiger partial charge in [-0.3, -0.25) is 4.79 Å². The van der Waals surface area contributed by atoms with Crippen LogP contribution in [0.15, 0.2) is 36.5 Å². The Kier molecular flexibility index (Phi) is 3.53. The molecule has 0 fully saturated rings. The lowest BCUT2D eigenvalue weighted by atomic mass is 10.2. The number of nitrogens with one attached hydrogen (secondary N) is 1. The van der Waals surface area contributed by atoms with Crippen LogP contribution in [0.5, 0.6) is 0 Å². The topological polar surface area (TPSA) is 42.0 Å². The molecule has 2 rings (SSSR count). The highest BCUT2D eigenvalue weighted by Crippen LogP contribution is 2.19. The highest BCUT2D eigenvalue weighted by molar-refractivity contribution is 6.31. The van der Waals surface area contributed by atoms with Gasteiger partial charge in [-0.05, 0) is 24.3 Å². The number of rotatable bonds is 2. The number of amides is 1. The van der Waals surface area contributed by atoms with Crippen LogP contribution < -0.4 is 5.32 Å². The van der Waals surface area contributed by atoms with Crippen LogP contribution in [-0.4, -0.2) is 10.9 Å². The van der Waals surface area contributed by atoms with Gasteiger partial charge in [-0.15, -0.1) is 0 Å². The molecule has 0 spiro atoms.